The number of hydrogen-bond donors (Lipinski definition) is 1. The Morgan fingerprint density at radius 1 is 1.13 bits per heavy atom. The predicted octanol–water partition coefficient (Wildman–Crippen LogP) is 4.52. The van der Waals surface area contributed by atoms with E-state index in [4.69, 9.17) is 4.74 Å². The van der Waals surface area contributed by atoms with Gasteiger partial charge in [-0.15, -0.1) is 0 Å². The van der Waals surface area contributed by atoms with E-state index < -0.39 is 46.4 Å². The van der Waals surface area contributed by atoms with E-state index in [2.05, 4.69) is 5.32 Å². The molecular formula is C29H28F3N3O4. The molecule has 1 unspecified atom stereocenters. The second-order valence-electron chi connectivity index (χ2n) is 10.4. The zero-order valence-electron chi connectivity index (χ0n) is 21.6. The van der Waals surface area contributed by atoms with Gasteiger partial charge in [0.05, 0.1) is 5.54 Å². The zero-order valence-corrected chi connectivity index (χ0v) is 21.6. The van der Waals surface area contributed by atoms with Crippen molar-refractivity contribution in [2.24, 2.45) is 0 Å². The lowest BCUT2D eigenvalue weighted by Crippen LogP contribution is -2.54. The molecule has 1 fully saturated rings. The van der Waals surface area contributed by atoms with Crippen LogP contribution in [0, 0.1) is 17.5 Å². The average Bonchev–Trinajstić information content (AvgIpc) is 3.03. The van der Waals surface area contributed by atoms with Crippen LogP contribution in [0.4, 0.5) is 13.2 Å². The molecule has 3 heterocycles. The third kappa shape index (κ3) is 4.91. The number of halogens is 3. The fourth-order valence-electron chi connectivity index (χ4n) is 5.39. The van der Waals surface area contributed by atoms with Crippen LogP contribution in [-0.4, -0.2) is 33.9 Å². The van der Waals surface area contributed by atoms with Crippen LogP contribution < -0.4 is 15.5 Å². The number of nitrogens with zero attached hydrogens (tertiary/aromatic N) is 2. The first-order valence-electron chi connectivity index (χ1n) is 12.8. The Labute approximate surface area is 223 Å². The second kappa shape index (κ2) is 10.2. The van der Waals surface area contributed by atoms with Crippen molar-refractivity contribution in [3.8, 4) is 5.75 Å². The summed E-state index contributed by atoms with van der Waals surface area (Å²) in [5, 5.41) is 2.36. The number of nitrogens with one attached hydrogen (secondary N) is 1. The Morgan fingerprint density at radius 3 is 2.51 bits per heavy atom. The molecule has 0 saturated carbocycles. The summed E-state index contributed by atoms with van der Waals surface area (Å²) in [5.41, 5.74) is -1.46. The Bertz CT molecular complexity index is 1480. The van der Waals surface area contributed by atoms with Crippen LogP contribution in [0.25, 0.3) is 0 Å². The highest BCUT2D eigenvalue weighted by molar-refractivity contribution is 5.99. The number of aromatic nitrogens is 1. The maximum atomic E-state index is 14.1. The minimum absolute atomic E-state index is 0.0142. The monoisotopic (exact) mass is 539 g/mol. The van der Waals surface area contributed by atoms with Gasteiger partial charge in [-0.25, -0.2) is 13.2 Å². The minimum atomic E-state index is -1.16. The van der Waals surface area contributed by atoms with Crippen molar-refractivity contribution in [3.05, 3.63) is 98.7 Å². The second-order valence-corrected chi connectivity index (χ2v) is 10.4. The van der Waals surface area contributed by atoms with Gasteiger partial charge in [0, 0.05) is 43.0 Å². The first-order valence-corrected chi connectivity index (χ1v) is 12.8. The molecule has 5 rings (SSSR count). The molecule has 2 aromatic carbocycles. The molecule has 0 spiro atoms. The molecule has 0 aliphatic carbocycles. The van der Waals surface area contributed by atoms with E-state index in [1.165, 1.54) is 6.20 Å². The summed E-state index contributed by atoms with van der Waals surface area (Å²) in [4.78, 5) is 42.3. The number of hydrogen-bond acceptors (Lipinski definition) is 4. The van der Waals surface area contributed by atoms with Gasteiger partial charge in [0.1, 0.15) is 29.6 Å². The molecule has 2 aliphatic heterocycles. The van der Waals surface area contributed by atoms with Crippen LogP contribution >= 0.6 is 0 Å². The lowest BCUT2D eigenvalue weighted by molar-refractivity contribution is 0.0507. The molecular weight excluding hydrogens is 511 g/mol. The minimum Gasteiger partial charge on any atom is -0.483 e. The summed E-state index contributed by atoms with van der Waals surface area (Å²) >= 11 is 0. The van der Waals surface area contributed by atoms with Crippen LogP contribution in [-0.2, 0) is 18.7 Å². The molecule has 7 nitrogen and oxygen atoms in total. The molecule has 204 valence electrons. The number of fused-ring (bicyclic) bond motifs is 4. The fourth-order valence-corrected chi connectivity index (χ4v) is 5.39. The van der Waals surface area contributed by atoms with Crippen molar-refractivity contribution in [1.29, 1.82) is 0 Å². The van der Waals surface area contributed by atoms with Gasteiger partial charge >= 0.3 is 0 Å². The molecule has 1 saturated heterocycles. The van der Waals surface area contributed by atoms with Crippen molar-refractivity contribution in [2.75, 3.05) is 6.54 Å². The number of amides is 2. The predicted molar refractivity (Wildman–Crippen MR) is 137 cm³/mol. The summed E-state index contributed by atoms with van der Waals surface area (Å²) in [6.45, 7) is 3.70. The van der Waals surface area contributed by atoms with Crippen LogP contribution in [0.1, 0.15) is 65.1 Å². The molecule has 1 aromatic heterocycles. The molecule has 1 N–H and O–H groups in total. The standard InChI is InChI=1S/C29H28F3N3O4/c1-17-7-6-10-29(2)16-34(17)28(38)24-26(39-15-18-8-4-3-5-9-18)25(36)21(14-35(24)29)27(37)33-13-20-22(31)11-19(30)12-23(20)32/h3-5,8-9,11-12,14,17H,6-7,10,13,15-16H2,1-2H3,(H,33,37)/t17-,29?/m0/s1. The van der Waals surface area contributed by atoms with Crippen LogP contribution in [0.3, 0.4) is 0 Å². The number of benzene rings is 2. The van der Waals surface area contributed by atoms with E-state index in [0.717, 1.165) is 18.4 Å². The fraction of sp³-hybridized carbons (Fsp3) is 0.345. The SMILES string of the molecule is C[C@H]1CCCC2(C)CN1C(=O)c1c(OCc3ccccc3)c(=O)c(C(=O)NCc3c(F)cc(F)cc3F)cn12. The summed E-state index contributed by atoms with van der Waals surface area (Å²) in [5.74, 6) is -4.91. The number of pyridine rings is 1. The van der Waals surface area contributed by atoms with E-state index in [-0.39, 0.29) is 35.6 Å². The van der Waals surface area contributed by atoms with Gasteiger partial charge in [0.2, 0.25) is 5.43 Å². The lowest BCUT2D eigenvalue weighted by Gasteiger charge is -2.44. The maximum Gasteiger partial charge on any atom is 0.274 e. The van der Waals surface area contributed by atoms with Crippen molar-refractivity contribution >= 4 is 11.8 Å². The van der Waals surface area contributed by atoms with Crippen molar-refractivity contribution < 1.29 is 27.5 Å². The Morgan fingerprint density at radius 2 is 1.82 bits per heavy atom. The van der Waals surface area contributed by atoms with E-state index in [1.54, 1.807) is 21.6 Å². The third-order valence-electron chi connectivity index (χ3n) is 7.59. The maximum absolute atomic E-state index is 14.1. The van der Waals surface area contributed by atoms with Crippen LogP contribution in [0.2, 0.25) is 0 Å². The Balaban J connectivity index is 1.57. The number of carbonyl (C=O) groups is 2. The van der Waals surface area contributed by atoms with Crippen molar-refractivity contribution in [3.63, 3.8) is 0 Å². The van der Waals surface area contributed by atoms with Crippen molar-refractivity contribution in [1.82, 2.24) is 14.8 Å². The highest BCUT2D eigenvalue weighted by atomic mass is 19.1. The van der Waals surface area contributed by atoms with Crippen LogP contribution in [0.15, 0.2) is 53.5 Å². The molecule has 0 radical (unpaired) electrons. The molecule has 39 heavy (non-hydrogen) atoms. The normalized spacial score (nSPS) is 20.3. The summed E-state index contributed by atoms with van der Waals surface area (Å²) in [7, 11) is 0. The first kappa shape index (κ1) is 26.5. The molecule has 2 amide bonds. The molecule has 2 aliphatic rings. The van der Waals surface area contributed by atoms with Gasteiger partial charge in [-0.3, -0.25) is 14.4 Å². The quantitative estimate of drug-likeness (QED) is 0.500. The van der Waals surface area contributed by atoms with Crippen molar-refractivity contribution in [2.45, 2.75) is 57.8 Å². The number of ether oxygens (including phenoxy) is 1. The van der Waals surface area contributed by atoms with Gasteiger partial charge in [-0.1, -0.05) is 30.3 Å². The van der Waals surface area contributed by atoms with Crippen LogP contribution in [0.5, 0.6) is 5.75 Å². The Kier molecular flexibility index (Phi) is 6.96. The average molecular weight is 540 g/mol. The smallest absolute Gasteiger partial charge is 0.274 e. The summed E-state index contributed by atoms with van der Waals surface area (Å²) in [6, 6.07) is 10.1. The van der Waals surface area contributed by atoms with Gasteiger partial charge in [-0.05, 0) is 38.7 Å². The highest BCUT2D eigenvalue weighted by Crippen LogP contribution is 2.38. The lowest BCUT2D eigenvalue weighted by atomic mass is 9.92. The van der Waals surface area contributed by atoms with E-state index >= 15 is 0 Å². The number of carbonyl (C=O) groups excluding carboxylic acids is 2. The Hall–Kier alpha value is -4.08. The number of rotatable bonds is 6. The topological polar surface area (TPSA) is 80.6 Å². The van der Waals surface area contributed by atoms with E-state index in [9.17, 15) is 27.6 Å². The van der Waals surface area contributed by atoms with E-state index in [0.29, 0.717) is 25.1 Å². The van der Waals surface area contributed by atoms with Gasteiger partial charge in [-0.2, -0.15) is 0 Å². The largest absolute Gasteiger partial charge is 0.483 e. The third-order valence-corrected chi connectivity index (χ3v) is 7.59. The highest BCUT2D eigenvalue weighted by Gasteiger charge is 2.45. The molecule has 2 bridgehead atoms. The van der Waals surface area contributed by atoms with Gasteiger partial charge in [0.15, 0.2) is 11.4 Å². The zero-order chi connectivity index (χ0) is 27.9. The van der Waals surface area contributed by atoms with E-state index in [1.807, 2.05) is 32.0 Å². The molecule has 2 atom stereocenters. The summed E-state index contributed by atoms with van der Waals surface area (Å²) < 4.78 is 49.2. The molecule has 3 aromatic rings. The summed E-state index contributed by atoms with van der Waals surface area (Å²) in [6.07, 6.45) is 3.66. The van der Waals surface area contributed by atoms with Gasteiger partial charge in [0.25, 0.3) is 11.8 Å². The van der Waals surface area contributed by atoms with Gasteiger partial charge < -0.3 is 19.5 Å². The molecule has 10 heteroatoms. The first-order chi connectivity index (χ1) is 18.6.